The second-order valence-corrected chi connectivity index (χ2v) is 17.0. The standard InChI is InChI=1S/C30H49O6P/c1-17(2)18-10-15-30(25(32)33)23(37(34,35)36)16-29(7)19(24(18)30)8-9-21-27(5)13-12-22(31)26(3,4)20(27)11-14-28(21,29)6/h18-24,31H,1,8-16H2,2-7H3,(H,32,33)(H2,34,35,36)/t18-,19+,20-,21+,22-,23?,24+,27-,28+,29+,30-/m0/s1. The SMILES string of the molecule is C=C(C)[C@@H]1CC[C@]2(C(=O)O)C(P(=O)(O)O)C[C@]3(C)[C@H](CC[C@@H]4[C@@]5(C)CC[C@H](O)C(C)(C)[C@@H]5CC[C@]43C)[C@@H]12. The van der Waals surface area contributed by atoms with E-state index in [1.807, 2.05) is 6.92 Å². The van der Waals surface area contributed by atoms with E-state index in [-0.39, 0.29) is 51.9 Å². The minimum Gasteiger partial charge on any atom is -0.481 e. The van der Waals surface area contributed by atoms with Crippen LogP contribution in [0.1, 0.15) is 99.3 Å². The summed E-state index contributed by atoms with van der Waals surface area (Å²) in [6.07, 6.45) is 6.57. The maximum Gasteiger partial charge on any atom is 0.329 e. The first-order valence-corrected chi connectivity index (χ1v) is 16.2. The molecule has 0 aliphatic heterocycles. The molecular formula is C30H49O6P. The highest BCUT2D eigenvalue weighted by Gasteiger charge is 2.76. The quantitative estimate of drug-likeness (QED) is 0.251. The normalized spacial score (nSPS) is 52.8. The zero-order chi connectivity index (χ0) is 27.6. The highest BCUT2D eigenvalue weighted by atomic mass is 31.2. The van der Waals surface area contributed by atoms with Crippen LogP contribution < -0.4 is 0 Å². The van der Waals surface area contributed by atoms with E-state index in [2.05, 4.69) is 41.2 Å². The molecule has 7 heteroatoms. The Hall–Kier alpha value is -0.680. The zero-order valence-electron chi connectivity index (χ0n) is 23.7. The number of aliphatic hydroxyl groups excluding tert-OH is 1. The molecule has 5 saturated carbocycles. The highest BCUT2D eigenvalue weighted by molar-refractivity contribution is 7.52. The molecular weight excluding hydrogens is 487 g/mol. The van der Waals surface area contributed by atoms with Gasteiger partial charge in [-0.25, -0.2) is 0 Å². The summed E-state index contributed by atoms with van der Waals surface area (Å²) in [7, 11) is -4.69. The lowest BCUT2D eigenvalue weighted by atomic mass is 9.32. The van der Waals surface area contributed by atoms with Gasteiger partial charge in [-0.3, -0.25) is 9.36 Å². The maximum absolute atomic E-state index is 13.2. The number of rotatable bonds is 3. The Bertz CT molecular complexity index is 1050. The van der Waals surface area contributed by atoms with E-state index in [0.717, 1.165) is 44.1 Å². The van der Waals surface area contributed by atoms with Crippen LogP contribution in [0.2, 0.25) is 0 Å². The van der Waals surface area contributed by atoms with Crippen LogP contribution in [0.3, 0.4) is 0 Å². The Labute approximate surface area is 222 Å². The van der Waals surface area contributed by atoms with Crippen LogP contribution in [0.25, 0.3) is 0 Å². The average molecular weight is 537 g/mol. The molecule has 0 spiro atoms. The van der Waals surface area contributed by atoms with Crippen molar-refractivity contribution in [3.8, 4) is 0 Å². The second-order valence-electron chi connectivity index (χ2n) is 15.2. The molecule has 5 rings (SSSR count). The molecule has 0 radical (unpaired) electrons. The first-order chi connectivity index (χ1) is 16.9. The number of allylic oxidation sites excluding steroid dienone is 1. The summed E-state index contributed by atoms with van der Waals surface area (Å²) in [5.41, 5.74) is -2.26. The third-order valence-electron chi connectivity index (χ3n) is 13.9. The van der Waals surface area contributed by atoms with Gasteiger partial charge in [0.25, 0.3) is 0 Å². The van der Waals surface area contributed by atoms with Gasteiger partial charge in [0.2, 0.25) is 0 Å². The fourth-order valence-corrected chi connectivity index (χ4v) is 13.6. The Morgan fingerprint density at radius 1 is 0.892 bits per heavy atom. The number of aliphatic carboxylic acids is 1. The monoisotopic (exact) mass is 536 g/mol. The van der Waals surface area contributed by atoms with Gasteiger partial charge in [0.05, 0.1) is 17.2 Å². The van der Waals surface area contributed by atoms with E-state index in [9.17, 15) is 29.4 Å². The Balaban J connectivity index is 1.66. The third-order valence-corrected chi connectivity index (χ3v) is 15.4. The van der Waals surface area contributed by atoms with E-state index in [1.54, 1.807) is 0 Å². The summed E-state index contributed by atoms with van der Waals surface area (Å²) in [6.45, 7) is 17.7. The van der Waals surface area contributed by atoms with Crippen LogP contribution >= 0.6 is 7.60 Å². The largest absolute Gasteiger partial charge is 0.481 e. The summed E-state index contributed by atoms with van der Waals surface area (Å²) in [4.78, 5) is 34.6. The van der Waals surface area contributed by atoms with E-state index in [1.165, 1.54) is 0 Å². The number of hydrogen-bond acceptors (Lipinski definition) is 3. The number of hydrogen-bond donors (Lipinski definition) is 4. The van der Waals surface area contributed by atoms with Gasteiger partial charge in [0.15, 0.2) is 0 Å². The molecule has 4 N–H and O–H groups in total. The summed E-state index contributed by atoms with van der Waals surface area (Å²) < 4.78 is 13.2. The van der Waals surface area contributed by atoms with E-state index in [0.29, 0.717) is 24.7 Å². The van der Waals surface area contributed by atoms with Gasteiger partial charge in [0, 0.05) is 0 Å². The lowest BCUT2D eigenvalue weighted by molar-refractivity contribution is -0.247. The summed E-state index contributed by atoms with van der Waals surface area (Å²) in [5.74, 6) is -0.471. The van der Waals surface area contributed by atoms with Crippen LogP contribution in [-0.4, -0.2) is 37.7 Å². The molecule has 0 aromatic heterocycles. The van der Waals surface area contributed by atoms with Gasteiger partial charge in [0.1, 0.15) is 0 Å². The fraction of sp³-hybridized carbons (Fsp3) is 0.900. The minimum atomic E-state index is -4.69. The van der Waals surface area contributed by atoms with Crippen molar-refractivity contribution in [2.24, 2.45) is 56.7 Å². The van der Waals surface area contributed by atoms with Gasteiger partial charge < -0.3 is 20.0 Å². The zero-order valence-corrected chi connectivity index (χ0v) is 24.6. The molecule has 37 heavy (non-hydrogen) atoms. The molecule has 0 aromatic carbocycles. The van der Waals surface area contributed by atoms with Crippen molar-refractivity contribution in [2.45, 2.75) is 111 Å². The molecule has 1 unspecified atom stereocenters. The Morgan fingerprint density at radius 2 is 1.54 bits per heavy atom. The number of carbonyl (C=O) groups is 1. The molecule has 5 aliphatic carbocycles. The fourth-order valence-electron chi connectivity index (χ4n) is 12.0. The van der Waals surface area contributed by atoms with Gasteiger partial charge in [-0.1, -0.05) is 46.8 Å². The minimum absolute atomic E-state index is 0.0226. The molecule has 0 heterocycles. The molecule has 5 fully saturated rings. The molecule has 0 amide bonds. The highest BCUT2D eigenvalue weighted by Crippen LogP contribution is 2.80. The Morgan fingerprint density at radius 3 is 2.11 bits per heavy atom. The van der Waals surface area contributed by atoms with Crippen molar-refractivity contribution in [1.82, 2.24) is 0 Å². The Kier molecular flexibility index (Phi) is 6.16. The lowest BCUT2D eigenvalue weighted by Crippen LogP contribution is -2.69. The number of carboxylic acid groups (broad SMARTS) is 1. The van der Waals surface area contributed by atoms with E-state index < -0.39 is 24.6 Å². The van der Waals surface area contributed by atoms with Crippen LogP contribution in [0, 0.1) is 56.7 Å². The lowest BCUT2D eigenvalue weighted by Gasteiger charge is -2.73. The van der Waals surface area contributed by atoms with E-state index >= 15 is 0 Å². The van der Waals surface area contributed by atoms with Gasteiger partial charge in [-0.2, -0.15) is 0 Å². The van der Waals surface area contributed by atoms with Crippen molar-refractivity contribution in [3.63, 3.8) is 0 Å². The summed E-state index contributed by atoms with van der Waals surface area (Å²) in [5, 5.41) is 21.6. The van der Waals surface area contributed by atoms with Crippen molar-refractivity contribution in [2.75, 3.05) is 0 Å². The number of carboxylic acids is 1. The van der Waals surface area contributed by atoms with Crippen molar-refractivity contribution < 1.29 is 29.4 Å². The first kappa shape index (κ1) is 27.9. The maximum atomic E-state index is 13.2. The van der Waals surface area contributed by atoms with Crippen LogP contribution in [0.15, 0.2) is 12.2 Å². The number of fused-ring (bicyclic) bond motifs is 7. The number of aliphatic hydroxyl groups is 1. The predicted octanol–water partition coefficient (Wildman–Crippen LogP) is 6.25. The van der Waals surface area contributed by atoms with Crippen LogP contribution in [-0.2, 0) is 9.36 Å². The molecule has 11 atom stereocenters. The van der Waals surface area contributed by atoms with Crippen LogP contribution in [0.5, 0.6) is 0 Å². The predicted molar refractivity (Wildman–Crippen MR) is 144 cm³/mol. The first-order valence-electron chi connectivity index (χ1n) is 14.5. The van der Waals surface area contributed by atoms with Crippen molar-refractivity contribution >= 4 is 13.6 Å². The second kappa shape index (κ2) is 8.18. The average Bonchev–Trinajstić information content (AvgIpc) is 3.18. The molecule has 6 nitrogen and oxygen atoms in total. The molecule has 0 bridgehead atoms. The van der Waals surface area contributed by atoms with Crippen LogP contribution in [0.4, 0.5) is 0 Å². The topological polar surface area (TPSA) is 115 Å². The van der Waals surface area contributed by atoms with Crippen molar-refractivity contribution in [1.29, 1.82) is 0 Å². The summed E-state index contributed by atoms with van der Waals surface area (Å²) >= 11 is 0. The third kappa shape index (κ3) is 3.34. The molecule has 210 valence electrons. The molecule has 5 aliphatic rings. The van der Waals surface area contributed by atoms with E-state index in [4.69, 9.17) is 0 Å². The van der Waals surface area contributed by atoms with Gasteiger partial charge in [-0.05, 0) is 116 Å². The van der Waals surface area contributed by atoms with Crippen molar-refractivity contribution in [3.05, 3.63) is 12.2 Å². The molecule has 0 saturated heterocycles. The van der Waals surface area contributed by atoms with Gasteiger partial charge in [-0.15, -0.1) is 0 Å². The smallest absolute Gasteiger partial charge is 0.329 e. The molecule has 0 aromatic rings. The van der Waals surface area contributed by atoms with Gasteiger partial charge >= 0.3 is 13.6 Å². The summed E-state index contributed by atoms with van der Waals surface area (Å²) in [6, 6.07) is 0.